The van der Waals surface area contributed by atoms with Gasteiger partial charge in [0.1, 0.15) is 0 Å². The van der Waals surface area contributed by atoms with E-state index in [-0.39, 0.29) is 6.10 Å². The molecule has 0 saturated heterocycles. The standard InChI is InChI=1S/C11H22O/c1-9(12)8-11(2,3)10-6-4-5-7-10/h9-10,12H,4-8H2,1-3H3. The minimum atomic E-state index is -0.138. The Balaban J connectivity index is 2.45. The largest absolute Gasteiger partial charge is 0.393 e. The zero-order chi connectivity index (χ0) is 9.19. The van der Waals surface area contributed by atoms with E-state index in [1.54, 1.807) is 0 Å². The van der Waals surface area contributed by atoms with Crippen molar-refractivity contribution in [2.24, 2.45) is 11.3 Å². The molecule has 0 amide bonds. The van der Waals surface area contributed by atoms with Gasteiger partial charge in [-0.2, -0.15) is 0 Å². The summed E-state index contributed by atoms with van der Waals surface area (Å²) in [5.74, 6) is 0.854. The van der Waals surface area contributed by atoms with E-state index in [4.69, 9.17) is 0 Å². The van der Waals surface area contributed by atoms with Gasteiger partial charge in [-0.05, 0) is 37.5 Å². The third-order valence-electron chi connectivity index (χ3n) is 3.28. The van der Waals surface area contributed by atoms with Crippen LogP contribution in [0.5, 0.6) is 0 Å². The summed E-state index contributed by atoms with van der Waals surface area (Å²) in [5, 5.41) is 9.35. The van der Waals surface area contributed by atoms with Crippen LogP contribution in [-0.2, 0) is 0 Å². The Morgan fingerprint density at radius 2 is 1.83 bits per heavy atom. The maximum absolute atomic E-state index is 9.35. The van der Waals surface area contributed by atoms with Gasteiger partial charge in [-0.3, -0.25) is 0 Å². The first-order valence-electron chi connectivity index (χ1n) is 5.20. The van der Waals surface area contributed by atoms with Gasteiger partial charge in [-0.25, -0.2) is 0 Å². The van der Waals surface area contributed by atoms with Gasteiger partial charge in [0.15, 0.2) is 0 Å². The van der Waals surface area contributed by atoms with Gasteiger partial charge in [0.25, 0.3) is 0 Å². The second-order valence-corrected chi connectivity index (χ2v) is 5.02. The van der Waals surface area contributed by atoms with Crippen molar-refractivity contribution in [1.29, 1.82) is 0 Å². The lowest BCUT2D eigenvalue weighted by Crippen LogP contribution is -2.26. The molecule has 0 bridgehead atoms. The molecule has 0 radical (unpaired) electrons. The lowest BCUT2D eigenvalue weighted by molar-refractivity contribution is 0.0920. The van der Waals surface area contributed by atoms with Gasteiger partial charge in [-0.1, -0.05) is 26.7 Å². The zero-order valence-electron chi connectivity index (χ0n) is 8.64. The van der Waals surface area contributed by atoms with Crippen LogP contribution in [-0.4, -0.2) is 11.2 Å². The Morgan fingerprint density at radius 1 is 1.33 bits per heavy atom. The molecule has 1 heteroatoms. The highest BCUT2D eigenvalue weighted by Gasteiger charge is 2.32. The molecule has 1 N–H and O–H groups in total. The minimum Gasteiger partial charge on any atom is -0.393 e. The van der Waals surface area contributed by atoms with E-state index in [0.29, 0.717) is 5.41 Å². The lowest BCUT2D eigenvalue weighted by Gasteiger charge is -2.32. The molecule has 1 rings (SSSR count). The Morgan fingerprint density at radius 3 is 2.25 bits per heavy atom. The molecule has 1 aliphatic carbocycles. The molecule has 1 saturated carbocycles. The van der Waals surface area contributed by atoms with Crippen LogP contribution in [0.3, 0.4) is 0 Å². The summed E-state index contributed by atoms with van der Waals surface area (Å²) in [7, 11) is 0. The van der Waals surface area contributed by atoms with Gasteiger partial charge < -0.3 is 5.11 Å². The van der Waals surface area contributed by atoms with E-state index < -0.39 is 0 Å². The Kier molecular flexibility index (Phi) is 3.16. The Labute approximate surface area is 76.2 Å². The molecule has 1 nitrogen and oxygen atoms in total. The molecule has 0 spiro atoms. The van der Waals surface area contributed by atoms with E-state index in [1.165, 1.54) is 25.7 Å². The topological polar surface area (TPSA) is 20.2 Å². The molecule has 1 aliphatic rings. The predicted octanol–water partition coefficient (Wildman–Crippen LogP) is 2.97. The first kappa shape index (κ1) is 10.0. The first-order valence-corrected chi connectivity index (χ1v) is 5.20. The van der Waals surface area contributed by atoms with Crippen molar-refractivity contribution in [2.45, 2.75) is 59.0 Å². The molecule has 0 aromatic heterocycles. The summed E-state index contributed by atoms with van der Waals surface area (Å²) >= 11 is 0. The number of aliphatic hydroxyl groups excluding tert-OH is 1. The molecule has 0 heterocycles. The monoisotopic (exact) mass is 170 g/mol. The van der Waals surface area contributed by atoms with E-state index in [9.17, 15) is 5.11 Å². The fraction of sp³-hybridized carbons (Fsp3) is 1.00. The summed E-state index contributed by atoms with van der Waals surface area (Å²) in [6.45, 7) is 6.50. The number of hydrogen-bond acceptors (Lipinski definition) is 1. The van der Waals surface area contributed by atoms with Crippen molar-refractivity contribution in [3.05, 3.63) is 0 Å². The molecule has 0 aliphatic heterocycles. The minimum absolute atomic E-state index is 0.138. The molecular weight excluding hydrogens is 148 g/mol. The van der Waals surface area contributed by atoms with Crippen LogP contribution in [0.25, 0.3) is 0 Å². The summed E-state index contributed by atoms with van der Waals surface area (Å²) in [6.07, 6.45) is 6.36. The van der Waals surface area contributed by atoms with Crippen LogP contribution in [0.2, 0.25) is 0 Å². The van der Waals surface area contributed by atoms with Gasteiger partial charge in [-0.15, -0.1) is 0 Å². The number of hydrogen-bond donors (Lipinski definition) is 1. The third-order valence-corrected chi connectivity index (χ3v) is 3.28. The number of rotatable bonds is 3. The quantitative estimate of drug-likeness (QED) is 0.690. The smallest absolute Gasteiger partial charge is 0.0517 e. The summed E-state index contributed by atoms with van der Waals surface area (Å²) < 4.78 is 0. The SMILES string of the molecule is CC(O)CC(C)(C)C1CCCC1. The van der Waals surface area contributed by atoms with Crippen molar-refractivity contribution < 1.29 is 5.11 Å². The number of aliphatic hydroxyl groups is 1. The van der Waals surface area contributed by atoms with E-state index >= 15 is 0 Å². The van der Waals surface area contributed by atoms with Crippen molar-refractivity contribution >= 4 is 0 Å². The molecule has 1 unspecified atom stereocenters. The molecule has 12 heavy (non-hydrogen) atoms. The third kappa shape index (κ3) is 2.48. The van der Waals surface area contributed by atoms with Crippen LogP contribution < -0.4 is 0 Å². The second-order valence-electron chi connectivity index (χ2n) is 5.02. The normalized spacial score (nSPS) is 23.0. The maximum atomic E-state index is 9.35. The summed E-state index contributed by atoms with van der Waals surface area (Å²) in [4.78, 5) is 0. The van der Waals surface area contributed by atoms with Crippen molar-refractivity contribution in [1.82, 2.24) is 0 Å². The zero-order valence-corrected chi connectivity index (χ0v) is 8.64. The lowest BCUT2D eigenvalue weighted by atomic mass is 9.74. The maximum Gasteiger partial charge on any atom is 0.0517 e. The molecule has 1 atom stereocenters. The fourth-order valence-corrected chi connectivity index (χ4v) is 2.64. The molecule has 0 aromatic rings. The summed E-state index contributed by atoms with van der Waals surface area (Å²) in [5.41, 5.74) is 0.352. The van der Waals surface area contributed by atoms with E-state index in [1.807, 2.05) is 6.92 Å². The fourth-order valence-electron chi connectivity index (χ4n) is 2.64. The van der Waals surface area contributed by atoms with Crippen molar-refractivity contribution in [3.63, 3.8) is 0 Å². The Hall–Kier alpha value is -0.0400. The highest BCUT2D eigenvalue weighted by atomic mass is 16.3. The van der Waals surface area contributed by atoms with Gasteiger partial charge in [0.05, 0.1) is 6.10 Å². The molecule has 1 fully saturated rings. The average molecular weight is 170 g/mol. The average Bonchev–Trinajstić information content (AvgIpc) is 2.32. The van der Waals surface area contributed by atoms with Crippen LogP contribution in [0.15, 0.2) is 0 Å². The van der Waals surface area contributed by atoms with Crippen LogP contribution in [0, 0.1) is 11.3 Å². The molecular formula is C11H22O. The van der Waals surface area contributed by atoms with Crippen LogP contribution >= 0.6 is 0 Å². The van der Waals surface area contributed by atoms with Crippen molar-refractivity contribution in [3.8, 4) is 0 Å². The van der Waals surface area contributed by atoms with Crippen LogP contribution in [0.1, 0.15) is 52.9 Å². The first-order chi connectivity index (χ1) is 5.52. The molecule has 0 aromatic carbocycles. The second kappa shape index (κ2) is 3.78. The van der Waals surface area contributed by atoms with Gasteiger partial charge >= 0.3 is 0 Å². The van der Waals surface area contributed by atoms with Gasteiger partial charge in [0.2, 0.25) is 0 Å². The van der Waals surface area contributed by atoms with Crippen molar-refractivity contribution in [2.75, 3.05) is 0 Å². The van der Waals surface area contributed by atoms with E-state index in [2.05, 4.69) is 13.8 Å². The van der Waals surface area contributed by atoms with Gasteiger partial charge in [0, 0.05) is 0 Å². The molecule has 72 valence electrons. The highest BCUT2D eigenvalue weighted by molar-refractivity contribution is 4.83. The summed E-state index contributed by atoms with van der Waals surface area (Å²) in [6, 6.07) is 0. The van der Waals surface area contributed by atoms with Crippen LogP contribution in [0.4, 0.5) is 0 Å². The highest BCUT2D eigenvalue weighted by Crippen LogP contribution is 2.42. The predicted molar refractivity (Wildman–Crippen MR) is 52.0 cm³/mol. The van der Waals surface area contributed by atoms with E-state index in [0.717, 1.165) is 12.3 Å². The Bertz CT molecular complexity index is 132.